The van der Waals surface area contributed by atoms with E-state index >= 15 is 0 Å². The van der Waals surface area contributed by atoms with Crippen molar-refractivity contribution in [2.75, 3.05) is 6.61 Å². The van der Waals surface area contributed by atoms with Crippen LogP contribution in [0.25, 0.3) is 50.2 Å². The molecule has 0 aliphatic carbocycles. The number of nitrogens with zero attached hydrogens (tertiary/aromatic N) is 2. The van der Waals surface area contributed by atoms with E-state index in [0.717, 1.165) is 50.2 Å². The number of pyridine rings is 1. The van der Waals surface area contributed by atoms with Gasteiger partial charge in [-0.25, -0.2) is 9.31 Å². The maximum atomic E-state index is 12.9. The number of ether oxygens (including phenoxy) is 1. The molecule has 0 saturated carbocycles. The highest BCUT2D eigenvalue weighted by Gasteiger charge is 2.26. The Labute approximate surface area is 221 Å². The second-order valence-corrected chi connectivity index (χ2v) is 8.98. The minimum atomic E-state index is -0.434. The second kappa shape index (κ2) is 10.2. The first-order valence-electron chi connectivity index (χ1n) is 12.7. The number of carbonyl (C=O) groups is 1. The van der Waals surface area contributed by atoms with Crippen LogP contribution in [0.4, 0.5) is 0 Å². The SMILES string of the molecule is CCOC(=O)c1cc2c(-c3ccccc3)c(-c3ccccc3)c(-c3ccccc3)c(-c3ccccc3)n2n1. The highest BCUT2D eigenvalue weighted by atomic mass is 16.5. The van der Waals surface area contributed by atoms with E-state index < -0.39 is 5.97 Å². The Morgan fingerprint density at radius 3 is 1.58 bits per heavy atom. The summed E-state index contributed by atoms with van der Waals surface area (Å²) in [5, 5.41) is 4.86. The Balaban J connectivity index is 1.87. The topological polar surface area (TPSA) is 43.6 Å². The van der Waals surface area contributed by atoms with Gasteiger partial charge in [-0.15, -0.1) is 0 Å². The van der Waals surface area contributed by atoms with Gasteiger partial charge in [0, 0.05) is 22.3 Å². The van der Waals surface area contributed by atoms with Crippen molar-refractivity contribution in [2.45, 2.75) is 6.92 Å². The van der Waals surface area contributed by atoms with Crippen molar-refractivity contribution in [3.05, 3.63) is 133 Å². The predicted molar refractivity (Wildman–Crippen MR) is 153 cm³/mol. The first-order chi connectivity index (χ1) is 18.8. The maximum absolute atomic E-state index is 12.9. The van der Waals surface area contributed by atoms with Crippen LogP contribution in [-0.2, 0) is 4.74 Å². The van der Waals surface area contributed by atoms with E-state index in [1.807, 2.05) is 59.1 Å². The van der Waals surface area contributed by atoms with E-state index in [1.54, 1.807) is 6.92 Å². The van der Waals surface area contributed by atoms with Gasteiger partial charge in [-0.3, -0.25) is 0 Å². The molecule has 4 aromatic carbocycles. The highest BCUT2D eigenvalue weighted by molar-refractivity contribution is 6.06. The van der Waals surface area contributed by atoms with Crippen molar-refractivity contribution in [1.82, 2.24) is 9.61 Å². The highest BCUT2D eigenvalue weighted by Crippen LogP contribution is 2.47. The van der Waals surface area contributed by atoms with E-state index in [1.165, 1.54) is 0 Å². The van der Waals surface area contributed by atoms with Crippen LogP contribution in [-0.4, -0.2) is 22.2 Å². The third kappa shape index (κ3) is 4.16. The fourth-order valence-electron chi connectivity index (χ4n) is 5.05. The summed E-state index contributed by atoms with van der Waals surface area (Å²) >= 11 is 0. The van der Waals surface area contributed by atoms with Crippen molar-refractivity contribution < 1.29 is 9.53 Å². The van der Waals surface area contributed by atoms with Crippen LogP contribution in [0, 0.1) is 0 Å². The minimum absolute atomic E-state index is 0.283. The summed E-state index contributed by atoms with van der Waals surface area (Å²) in [6.45, 7) is 2.09. The monoisotopic (exact) mass is 494 g/mol. The minimum Gasteiger partial charge on any atom is -0.461 e. The lowest BCUT2D eigenvalue weighted by atomic mass is 9.85. The zero-order chi connectivity index (χ0) is 25.9. The van der Waals surface area contributed by atoms with Gasteiger partial charge in [0.15, 0.2) is 5.69 Å². The molecule has 0 N–H and O–H groups in total. The molecule has 0 spiro atoms. The van der Waals surface area contributed by atoms with Gasteiger partial charge in [0.05, 0.1) is 17.8 Å². The molecule has 0 amide bonds. The van der Waals surface area contributed by atoms with E-state index in [9.17, 15) is 4.79 Å². The average Bonchev–Trinajstić information content (AvgIpc) is 3.43. The standard InChI is InChI=1S/C34H26N2O2/c1-2-38-34(37)28-23-29-30(24-15-7-3-8-16-24)31(25-17-9-4-10-18-25)32(26-19-11-5-12-20-26)33(36(29)35-28)27-21-13-6-14-22-27/h3-23H,2H2,1H3. The molecule has 0 aliphatic heterocycles. The third-order valence-corrected chi connectivity index (χ3v) is 6.63. The molecule has 0 saturated heterocycles. The zero-order valence-corrected chi connectivity index (χ0v) is 21.0. The molecule has 184 valence electrons. The number of hydrogen-bond donors (Lipinski definition) is 0. The summed E-state index contributed by atoms with van der Waals surface area (Å²) < 4.78 is 7.28. The Hall–Kier alpha value is -4.96. The second-order valence-electron chi connectivity index (χ2n) is 8.98. The van der Waals surface area contributed by atoms with Gasteiger partial charge in [-0.05, 0) is 29.7 Å². The number of benzene rings is 4. The van der Waals surface area contributed by atoms with Gasteiger partial charge in [-0.1, -0.05) is 121 Å². The van der Waals surface area contributed by atoms with Crippen molar-refractivity contribution in [3.63, 3.8) is 0 Å². The van der Waals surface area contributed by atoms with Crippen LogP contribution in [0.2, 0.25) is 0 Å². The molecule has 38 heavy (non-hydrogen) atoms. The van der Waals surface area contributed by atoms with Crippen LogP contribution in [0.1, 0.15) is 17.4 Å². The number of rotatable bonds is 6. The Morgan fingerprint density at radius 2 is 1.08 bits per heavy atom. The lowest BCUT2D eigenvalue weighted by molar-refractivity contribution is 0.0519. The summed E-state index contributed by atoms with van der Waals surface area (Å²) in [4.78, 5) is 12.9. The van der Waals surface area contributed by atoms with Crippen LogP contribution in [0.3, 0.4) is 0 Å². The Bertz CT molecular complexity index is 1590. The quantitative estimate of drug-likeness (QED) is 0.219. The van der Waals surface area contributed by atoms with E-state index in [4.69, 9.17) is 9.84 Å². The number of carbonyl (C=O) groups excluding carboxylic acids is 1. The smallest absolute Gasteiger partial charge is 0.358 e. The van der Waals surface area contributed by atoms with Gasteiger partial charge >= 0.3 is 5.97 Å². The molecule has 0 bridgehead atoms. The van der Waals surface area contributed by atoms with E-state index in [0.29, 0.717) is 0 Å². The maximum Gasteiger partial charge on any atom is 0.358 e. The average molecular weight is 495 g/mol. The lowest BCUT2D eigenvalue weighted by Gasteiger charge is -2.22. The molecule has 0 fully saturated rings. The fourth-order valence-corrected chi connectivity index (χ4v) is 5.05. The lowest BCUT2D eigenvalue weighted by Crippen LogP contribution is -2.07. The summed E-state index contributed by atoms with van der Waals surface area (Å²) in [7, 11) is 0. The van der Waals surface area contributed by atoms with Gasteiger partial charge in [-0.2, -0.15) is 5.10 Å². The molecule has 4 nitrogen and oxygen atoms in total. The Kier molecular flexibility index (Phi) is 6.29. The van der Waals surface area contributed by atoms with Gasteiger partial charge in [0.25, 0.3) is 0 Å². The van der Waals surface area contributed by atoms with Crippen molar-refractivity contribution in [2.24, 2.45) is 0 Å². The third-order valence-electron chi connectivity index (χ3n) is 6.63. The molecule has 2 aromatic heterocycles. The molecule has 0 aliphatic rings. The van der Waals surface area contributed by atoms with Crippen LogP contribution < -0.4 is 0 Å². The molecular weight excluding hydrogens is 468 g/mol. The van der Waals surface area contributed by atoms with E-state index in [2.05, 4.69) is 72.8 Å². The van der Waals surface area contributed by atoms with Gasteiger partial charge in [0.2, 0.25) is 0 Å². The van der Waals surface area contributed by atoms with Crippen LogP contribution in [0.5, 0.6) is 0 Å². The van der Waals surface area contributed by atoms with Gasteiger partial charge < -0.3 is 4.74 Å². The number of hydrogen-bond acceptors (Lipinski definition) is 3. The summed E-state index contributed by atoms with van der Waals surface area (Å²) in [6, 6.07) is 43.2. The molecule has 6 rings (SSSR count). The first-order valence-corrected chi connectivity index (χ1v) is 12.7. The molecule has 6 aromatic rings. The van der Waals surface area contributed by atoms with Gasteiger partial charge in [0.1, 0.15) is 0 Å². The van der Waals surface area contributed by atoms with Crippen LogP contribution in [0.15, 0.2) is 127 Å². The number of fused-ring (bicyclic) bond motifs is 1. The van der Waals surface area contributed by atoms with Crippen molar-refractivity contribution in [3.8, 4) is 44.6 Å². The molecule has 0 atom stereocenters. The zero-order valence-electron chi connectivity index (χ0n) is 21.0. The van der Waals surface area contributed by atoms with E-state index in [-0.39, 0.29) is 12.3 Å². The van der Waals surface area contributed by atoms with Crippen LogP contribution >= 0.6 is 0 Å². The normalized spacial score (nSPS) is 11.0. The number of aromatic nitrogens is 2. The summed E-state index contributed by atoms with van der Waals surface area (Å²) in [6.07, 6.45) is 0. The molecule has 0 radical (unpaired) electrons. The summed E-state index contributed by atoms with van der Waals surface area (Å²) in [5.41, 5.74) is 9.40. The first kappa shape index (κ1) is 23.4. The number of esters is 1. The Morgan fingerprint density at radius 1 is 0.632 bits per heavy atom. The molecule has 0 unspecified atom stereocenters. The predicted octanol–water partition coefficient (Wildman–Crippen LogP) is 8.18. The summed E-state index contributed by atoms with van der Waals surface area (Å²) in [5.74, 6) is -0.434. The van der Waals surface area contributed by atoms with Crippen molar-refractivity contribution >= 4 is 11.5 Å². The molecule has 2 heterocycles. The largest absolute Gasteiger partial charge is 0.461 e. The fraction of sp³-hybridized carbons (Fsp3) is 0.0588. The van der Waals surface area contributed by atoms with Crippen molar-refractivity contribution in [1.29, 1.82) is 0 Å². The molecular formula is C34H26N2O2. The molecule has 4 heteroatoms.